The maximum Gasteiger partial charge on any atom is 0.322 e. The van der Waals surface area contributed by atoms with E-state index in [0.29, 0.717) is 6.54 Å². The monoisotopic (exact) mass is 186 g/mol. The highest BCUT2D eigenvalue weighted by atomic mass is 16.4. The minimum atomic E-state index is -0.788. The lowest BCUT2D eigenvalue weighted by Gasteiger charge is -2.26. The van der Waals surface area contributed by atoms with Crippen molar-refractivity contribution in [2.75, 3.05) is 20.1 Å². The number of aliphatic carboxylic acids is 1. The van der Waals surface area contributed by atoms with Crippen molar-refractivity contribution in [2.24, 2.45) is 5.92 Å². The molecule has 0 radical (unpaired) electrons. The normalized spacial score (nSPS) is 19.5. The highest BCUT2D eigenvalue weighted by Gasteiger charge is 2.18. The number of carboxylic acid groups (broad SMARTS) is 1. The van der Waals surface area contributed by atoms with Crippen LogP contribution >= 0.6 is 0 Å². The molecule has 13 heavy (non-hydrogen) atoms. The van der Waals surface area contributed by atoms with Crippen molar-refractivity contribution in [1.82, 2.24) is 10.6 Å². The third kappa shape index (κ3) is 3.32. The van der Waals surface area contributed by atoms with Gasteiger partial charge < -0.3 is 15.7 Å². The quantitative estimate of drug-likeness (QED) is 0.548. The molecule has 4 nitrogen and oxygen atoms in total. The Hall–Kier alpha value is -0.610. The third-order valence-electron chi connectivity index (χ3n) is 2.65. The lowest BCUT2D eigenvalue weighted by Crippen LogP contribution is -2.44. The van der Waals surface area contributed by atoms with Gasteiger partial charge in [-0.1, -0.05) is 6.42 Å². The molecule has 0 heterocycles. The zero-order valence-corrected chi connectivity index (χ0v) is 8.05. The zero-order valence-electron chi connectivity index (χ0n) is 8.05. The van der Waals surface area contributed by atoms with Crippen molar-refractivity contribution in [3.05, 3.63) is 0 Å². The Balaban J connectivity index is 2.05. The molecule has 0 aromatic carbocycles. The van der Waals surface area contributed by atoms with E-state index >= 15 is 0 Å². The van der Waals surface area contributed by atoms with Gasteiger partial charge in [-0.25, -0.2) is 0 Å². The molecule has 0 aliphatic heterocycles. The molecule has 0 amide bonds. The van der Waals surface area contributed by atoms with E-state index in [1.807, 2.05) is 0 Å². The molecule has 0 aromatic rings. The summed E-state index contributed by atoms with van der Waals surface area (Å²) >= 11 is 0. The van der Waals surface area contributed by atoms with Gasteiger partial charge >= 0.3 is 5.97 Å². The molecule has 4 heteroatoms. The van der Waals surface area contributed by atoms with Crippen molar-refractivity contribution in [3.8, 4) is 0 Å². The van der Waals surface area contributed by atoms with Crippen LogP contribution in [0.1, 0.15) is 19.3 Å². The summed E-state index contributed by atoms with van der Waals surface area (Å²) in [5, 5.41) is 14.6. The number of hydrogen-bond acceptors (Lipinski definition) is 3. The van der Waals surface area contributed by atoms with E-state index in [1.54, 1.807) is 7.05 Å². The topological polar surface area (TPSA) is 61.4 Å². The fourth-order valence-electron chi connectivity index (χ4n) is 1.44. The number of carbonyl (C=O) groups is 1. The Kier molecular flexibility index (Phi) is 4.18. The molecule has 1 unspecified atom stereocenters. The fraction of sp³-hybridized carbons (Fsp3) is 0.889. The summed E-state index contributed by atoms with van der Waals surface area (Å²) in [6.45, 7) is 1.48. The van der Waals surface area contributed by atoms with Crippen molar-refractivity contribution in [1.29, 1.82) is 0 Å². The van der Waals surface area contributed by atoms with Gasteiger partial charge in [0.25, 0.3) is 0 Å². The summed E-state index contributed by atoms with van der Waals surface area (Å²) in [5.74, 6) is -0.00471. The largest absolute Gasteiger partial charge is 0.480 e. The molecule has 1 aliphatic rings. The second-order valence-electron chi connectivity index (χ2n) is 3.63. The van der Waals surface area contributed by atoms with E-state index in [4.69, 9.17) is 5.11 Å². The molecule has 1 saturated carbocycles. The molecule has 0 aromatic heterocycles. The summed E-state index contributed by atoms with van der Waals surface area (Å²) in [6, 6.07) is -0.458. The van der Waals surface area contributed by atoms with E-state index in [-0.39, 0.29) is 0 Å². The predicted octanol–water partition coefficient (Wildman–Crippen LogP) is 0.0487. The Labute approximate surface area is 78.7 Å². The van der Waals surface area contributed by atoms with Crippen LogP contribution in [0.15, 0.2) is 0 Å². The lowest BCUT2D eigenvalue weighted by molar-refractivity contribution is -0.139. The first-order chi connectivity index (χ1) is 6.24. The van der Waals surface area contributed by atoms with Gasteiger partial charge in [-0.3, -0.25) is 4.79 Å². The molecule has 1 rings (SSSR count). The number of rotatable bonds is 6. The minimum absolute atomic E-state index is 0.458. The first-order valence-corrected chi connectivity index (χ1v) is 4.85. The summed E-state index contributed by atoms with van der Waals surface area (Å²) < 4.78 is 0. The first kappa shape index (κ1) is 10.5. The number of hydrogen-bond donors (Lipinski definition) is 3. The number of nitrogens with one attached hydrogen (secondary N) is 2. The van der Waals surface area contributed by atoms with Gasteiger partial charge in [-0.15, -0.1) is 0 Å². The SMILES string of the molecule is CNC(CNCC1CCC1)C(=O)O. The molecule has 0 spiro atoms. The highest BCUT2D eigenvalue weighted by Crippen LogP contribution is 2.24. The van der Waals surface area contributed by atoms with E-state index < -0.39 is 12.0 Å². The Bertz CT molecular complexity index is 169. The lowest BCUT2D eigenvalue weighted by atomic mass is 9.85. The second-order valence-corrected chi connectivity index (χ2v) is 3.63. The van der Waals surface area contributed by atoms with Crippen LogP contribution in [0.25, 0.3) is 0 Å². The Morgan fingerprint density at radius 3 is 2.69 bits per heavy atom. The summed E-state index contributed by atoms with van der Waals surface area (Å²) in [4.78, 5) is 10.6. The summed E-state index contributed by atoms with van der Waals surface area (Å²) in [5.41, 5.74) is 0. The van der Waals surface area contributed by atoms with Crippen molar-refractivity contribution >= 4 is 5.97 Å². The van der Waals surface area contributed by atoms with Gasteiger partial charge in [0, 0.05) is 6.54 Å². The smallest absolute Gasteiger partial charge is 0.322 e. The van der Waals surface area contributed by atoms with Crippen LogP contribution in [-0.4, -0.2) is 37.3 Å². The van der Waals surface area contributed by atoms with E-state index in [1.165, 1.54) is 19.3 Å². The fourth-order valence-corrected chi connectivity index (χ4v) is 1.44. The molecule has 0 saturated heterocycles. The Morgan fingerprint density at radius 1 is 1.62 bits per heavy atom. The molecular formula is C9H18N2O2. The zero-order chi connectivity index (χ0) is 9.68. The number of carboxylic acids is 1. The van der Waals surface area contributed by atoms with Gasteiger partial charge in [-0.2, -0.15) is 0 Å². The van der Waals surface area contributed by atoms with E-state index in [9.17, 15) is 4.79 Å². The van der Waals surface area contributed by atoms with Crippen LogP contribution in [0.2, 0.25) is 0 Å². The molecule has 3 N–H and O–H groups in total. The number of likely N-dealkylation sites (N-methyl/N-ethyl adjacent to an activating group) is 1. The predicted molar refractivity (Wildman–Crippen MR) is 50.7 cm³/mol. The van der Waals surface area contributed by atoms with Crippen LogP contribution in [-0.2, 0) is 4.79 Å². The molecular weight excluding hydrogens is 168 g/mol. The molecule has 1 fully saturated rings. The van der Waals surface area contributed by atoms with Gasteiger partial charge in [0.15, 0.2) is 0 Å². The average molecular weight is 186 g/mol. The molecule has 1 atom stereocenters. The van der Waals surface area contributed by atoms with E-state index in [2.05, 4.69) is 10.6 Å². The Morgan fingerprint density at radius 2 is 2.31 bits per heavy atom. The minimum Gasteiger partial charge on any atom is -0.480 e. The van der Waals surface area contributed by atoms with Crippen LogP contribution in [0.4, 0.5) is 0 Å². The maximum atomic E-state index is 10.6. The van der Waals surface area contributed by atoms with Crippen LogP contribution in [0.5, 0.6) is 0 Å². The van der Waals surface area contributed by atoms with Gasteiger partial charge in [0.2, 0.25) is 0 Å². The summed E-state index contributed by atoms with van der Waals surface area (Å²) in [7, 11) is 1.67. The van der Waals surface area contributed by atoms with Gasteiger partial charge in [-0.05, 0) is 32.4 Å². The van der Waals surface area contributed by atoms with Crippen LogP contribution in [0, 0.1) is 5.92 Å². The first-order valence-electron chi connectivity index (χ1n) is 4.85. The molecule has 1 aliphatic carbocycles. The third-order valence-corrected chi connectivity index (χ3v) is 2.65. The second kappa shape index (κ2) is 5.19. The highest BCUT2D eigenvalue weighted by molar-refractivity contribution is 5.73. The van der Waals surface area contributed by atoms with Crippen LogP contribution < -0.4 is 10.6 Å². The van der Waals surface area contributed by atoms with Crippen molar-refractivity contribution in [2.45, 2.75) is 25.3 Å². The van der Waals surface area contributed by atoms with Crippen molar-refractivity contribution in [3.63, 3.8) is 0 Å². The van der Waals surface area contributed by atoms with Gasteiger partial charge in [0.1, 0.15) is 6.04 Å². The molecule has 0 bridgehead atoms. The molecule has 76 valence electrons. The van der Waals surface area contributed by atoms with E-state index in [0.717, 1.165) is 12.5 Å². The van der Waals surface area contributed by atoms with Gasteiger partial charge in [0.05, 0.1) is 0 Å². The van der Waals surface area contributed by atoms with Crippen molar-refractivity contribution < 1.29 is 9.90 Å². The van der Waals surface area contributed by atoms with Crippen LogP contribution in [0.3, 0.4) is 0 Å². The average Bonchev–Trinajstić information content (AvgIpc) is 2.00. The maximum absolute atomic E-state index is 10.6. The standard InChI is InChI=1S/C9H18N2O2/c1-10-8(9(12)13)6-11-5-7-3-2-4-7/h7-8,10-11H,2-6H2,1H3,(H,12,13). The summed E-state index contributed by atoms with van der Waals surface area (Å²) in [6.07, 6.45) is 3.93.